The van der Waals surface area contributed by atoms with Gasteiger partial charge in [-0.25, -0.2) is 8.42 Å². The number of carbonyl (C=O) groups is 1. The van der Waals surface area contributed by atoms with Crippen molar-refractivity contribution in [2.24, 2.45) is 5.92 Å². The minimum atomic E-state index is -3.68. The van der Waals surface area contributed by atoms with E-state index < -0.39 is 10.0 Å². The van der Waals surface area contributed by atoms with Crippen LogP contribution in [0.4, 0.5) is 0 Å². The zero-order chi connectivity index (χ0) is 25.0. The van der Waals surface area contributed by atoms with Gasteiger partial charge in [0.2, 0.25) is 15.6 Å². The number of pyridine rings is 1. The Morgan fingerprint density at radius 1 is 1.14 bits per heavy atom. The molecule has 2 aliphatic rings. The molecule has 8 nitrogen and oxygen atoms in total. The van der Waals surface area contributed by atoms with Crippen LogP contribution in [0.5, 0.6) is 0 Å². The first-order chi connectivity index (χ1) is 16.8. The zero-order valence-corrected chi connectivity index (χ0v) is 21.7. The summed E-state index contributed by atoms with van der Waals surface area (Å²) in [5.74, 6) is -0.0397. The average molecular weight is 503 g/mol. The second-order valence-electron chi connectivity index (χ2n) is 10.1. The van der Waals surface area contributed by atoms with Gasteiger partial charge in [0.25, 0.3) is 5.91 Å². The van der Waals surface area contributed by atoms with E-state index in [4.69, 9.17) is 0 Å². The number of benzene rings is 1. The summed E-state index contributed by atoms with van der Waals surface area (Å²) in [6, 6.07) is 6.49. The van der Waals surface area contributed by atoms with E-state index in [1.54, 1.807) is 6.07 Å². The molecular weight excluding hydrogens is 464 g/mol. The Morgan fingerprint density at radius 3 is 2.74 bits per heavy atom. The van der Waals surface area contributed by atoms with Crippen molar-refractivity contribution in [3.63, 3.8) is 0 Å². The molecule has 3 heterocycles. The van der Waals surface area contributed by atoms with E-state index in [9.17, 15) is 18.0 Å². The van der Waals surface area contributed by atoms with E-state index in [-0.39, 0.29) is 21.9 Å². The first-order valence-electron chi connectivity index (χ1n) is 13.0. The van der Waals surface area contributed by atoms with E-state index in [0.717, 1.165) is 38.8 Å². The van der Waals surface area contributed by atoms with Crippen LogP contribution in [0.25, 0.3) is 10.9 Å². The van der Waals surface area contributed by atoms with Crippen LogP contribution in [0, 0.1) is 5.92 Å². The molecule has 2 N–H and O–H groups in total. The highest BCUT2D eigenvalue weighted by Gasteiger charge is 2.29. The van der Waals surface area contributed by atoms with E-state index in [0.29, 0.717) is 42.5 Å². The number of rotatable bonds is 8. The van der Waals surface area contributed by atoms with E-state index in [1.165, 1.54) is 41.8 Å². The molecule has 4 rings (SSSR count). The summed E-state index contributed by atoms with van der Waals surface area (Å²) >= 11 is 0. The van der Waals surface area contributed by atoms with E-state index in [2.05, 4.69) is 29.0 Å². The van der Waals surface area contributed by atoms with Gasteiger partial charge < -0.3 is 15.2 Å². The standard InChI is InChI=1S/C26H38N4O4S/c1-3-20-9-4-5-13-29(20)14-7-12-27-26(32)23-17-25(31)28-24-11-10-21(16-22(23)24)35(33,34)30-15-6-8-19(2)18-30/h10-11,16-17,19-20H,3-9,12-15,18H2,1-2H3,(H,27,32)(H,28,31). The Hall–Kier alpha value is -2.23. The smallest absolute Gasteiger partial charge is 0.252 e. The van der Waals surface area contributed by atoms with Crippen LogP contribution in [0.2, 0.25) is 0 Å². The lowest BCUT2D eigenvalue weighted by Crippen LogP contribution is -2.40. The van der Waals surface area contributed by atoms with Crippen LogP contribution in [0.1, 0.15) is 69.2 Å². The normalized spacial score (nSPS) is 22.3. The van der Waals surface area contributed by atoms with Gasteiger partial charge in [-0.2, -0.15) is 4.31 Å². The minimum absolute atomic E-state index is 0.149. The number of H-pyrrole nitrogens is 1. The van der Waals surface area contributed by atoms with Crippen molar-refractivity contribution in [2.75, 3.05) is 32.7 Å². The fourth-order valence-electron chi connectivity index (χ4n) is 5.49. The van der Waals surface area contributed by atoms with Gasteiger partial charge in [0, 0.05) is 49.2 Å². The summed E-state index contributed by atoms with van der Waals surface area (Å²) in [6.45, 7) is 7.83. The number of amides is 1. The lowest BCUT2D eigenvalue weighted by molar-refractivity contribution is 0.0948. The molecule has 2 atom stereocenters. The predicted molar refractivity (Wildman–Crippen MR) is 138 cm³/mol. The lowest BCUT2D eigenvalue weighted by atomic mass is 10.00. The van der Waals surface area contributed by atoms with Gasteiger partial charge in [-0.1, -0.05) is 20.3 Å². The van der Waals surface area contributed by atoms with Gasteiger partial charge in [0.05, 0.1) is 10.5 Å². The number of nitrogens with zero attached hydrogens (tertiary/aromatic N) is 2. The van der Waals surface area contributed by atoms with Crippen LogP contribution in [-0.2, 0) is 10.0 Å². The van der Waals surface area contributed by atoms with E-state index >= 15 is 0 Å². The van der Waals surface area contributed by atoms with Crippen molar-refractivity contribution >= 4 is 26.8 Å². The molecule has 2 fully saturated rings. The number of carbonyl (C=O) groups excluding carboxylic acids is 1. The molecule has 0 bridgehead atoms. The van der Waals surface area contributed by atoms with Gasteiger partial charge in [-0.3, -0.25) is 9.59 Å². The van der Waals surface area contributed by atoms with Crippen LogP contribution in [0.3, 0.4) is 0 Å². The molecule has 2 aromatic rings. The molecule has 1 aromatic carbocycles. The Morgan fingerprint density at radius 2 is 1.97 bits per heavy atom. The van der Waals surface area contributed by atoms with Gasteiger partial charge in [-0.15, -0.1) is 0 Å². The highest BCUT2D eigenvalue weighted by Crippen LogP contribution is 2.26. The van der Waals surface area contributed by atoms with Gasteiger partial charge in [-0.05, 0) is 69.2 Å². The molecule has 0 aliphatic carbocycles. The summed E-state index contributed by atoms with van der Waals surface area (Å²) in [6.07, 6.45) is 7.59. The third-order valence-electron chi connectivity index (χ3n) is 7.44. The number of likely N-dealkylation sites (tertiary alicyclic amines) is 1. The molecular formula is C26H38N4O4S. The molecule has 35 heavy (non-hydrogen) atoms. The molecule has 2 unspecified atom stereocenters. The van der Waals surface area contributed by atoms with Crippen molar-refractivity contribution in [3.8, 4) is 0 Å². The first kappa shape index (κ1) is 25.9. The summed E-state index contributed by atoms with van der Waals surface area (Å²) < 4.78 is 28.1. The predicted octanol–water partition coefficient (Wildman–Crippen LogP) is 3.33. The number of fused-ring (bicyclic) bond motifs is 1. The minimum Gasteiger partial charge on any atom is -0.352 e. The quantitative estimate of drug-likeness (QED) is 0.539. The Labute approximate surface area is 208 Å². The monoisotopic (exact) mass is 502 g/mol. The number of hydrogen-bond acceptors (Lipinski definition) is 5. The SMILES string of the molecule is CCC1CCCCN1CCCNC(=O)c1cc(=O)[nH]c2ccc(S(=O)(=O)N3CCCC(C)C3)cc12. The maximum Gasteiger partial charge on any atom is 0.252 e. The average Bonchev–Trinajstić information content (AvgIpc) is 2.85. The van der Waals surface area contributed by atoms with Gasteiger partial charge >= 0.3 is 0 Å². The largest absolute Gasteiger partial charge is 0.352 e. The molecule has 0 saturated carbocycles. The number of nitrogens with one attached hydrogen (secondary N) is 2. The molecule has 2 aliphatic heterocycles. The van der Waals surface area contributed by atoms with Gasteiger partial charge in [0.1, 0.15) is 0 Å². The highest BCUT2D eigenvalue weighted by molar-refractivity contribution is 7.89. The Kier molecular flexibility index (Phi) is 8.29. The second kappa shape index (κ2) is 11.2. The van der Waals surface area contributed by atoms with Crippen LogP contribution in [-0.4, -0.2) is 67.3 Å². The third kappa shape index (κ3) is 5.95. The summed E-state index contributed by atoms with van der Waals surface area (Å²) in [4.78, 5) is 30.6. The molecule has 0 spiro atoms. The van der Waals surface area contributed by atoms with Crippen LogP contribution >= 0.6 is 0 Å². The topological polar surface area (TPSA) is 103 Å². The van der Waals surface area contributed by atoms with Crippen molar-refractivity contribution in [3.05, 3.63) is 40.2 Å². The number of aromatic amines is 1. The lowest BCUT2D eigenvalue weighted by Gasteiger charge is -2.35. The number of piperidine rings is 2. The summed E-state index contributed by atoms with van der Waals surface area (Å²) in [5, 5.41) is 3.38. The number of aromatic nitrogens is 1. The molecule has 192 valence electrons. The summed E-state index contributed by atoms with van der Waals surface area (Å²) in [5.41, 5.74) is 0.271. The van der Waals surface area contributed by atoms with Crippen LogP contribution in [0.15, 0.2) is 34.0 Å². The number of hydrogen-bond donors (Lipinski definition) is 2. The van der Waals surface area contributed by atoms with E-state index in [1.807, 2.05) is 0 Å². The molecule has 9 heteroatoms. The Balaban J connectivity index is 1.49. The maximum absolute atomic E-state index is 13.3. The third-order valence-corrected chi connectivity index (χ3v) is 9.31. The van der Waals surface area contributed by atoms with Crippen molar-refractivity contribution in [1.29, 1.82) is 0 Å². The fourth-order valence-corrected chi connectivity index (χ4v) is 7.12. The van der Waals surface area contributed by atoms with Crippen molar-refractivity contribution in [2.45, 2.75) is 69.7 Å². The molecule has 1 amide bonds. The Bertz CT molecular complexity index is 1210. The van der Waals surface area contributed by atoms with Gasteiger partial charge in [0.15, 0.2) is 0 Å². The molecule has 1 aromatic heterocycles. The second-order valence-corrected chi connectivity index (χ2v) is 12.0. The fraction of sp³-hybridized carbons (Fsp3) is 0.615. The number of sulfonamides is 1. The first-order valence-corrected chi connectivity index (χ1v) is 14.4. The van der Waals surface area contributed by atoms with Crippen LogP contribution < -0.4 is 10.9 Å². The molecule has 0 radical (unpaired) electrons. The maximum atomic E-state index is 13.3. The summed E-state index contributed by atoms with van der Waals surface area (Å²) in [7, 11) is -3.68. The van der Waals surface area contributed by atoms with Crippen molar-refractivity contribution < 1.29 is 13.2 Å². The molecule has 2 saturated heterocycles. The van der Waals surface area contributed by atoms with Crippen molar-refractivity contribution in [1.82, 2.24) is 19.5 Å². The zero-order valence-electron chi connectivity index (χ0n) is 20.9. The highest BCUT2D eigenvalue weighted by atomic mass is 32.2.